The highest BCUT2D eigenvalue weighted by Gasteiger charge is 2.44. The molecular formula is C16H20F2N2O4. The van der Waals surface area contributed by atoms with Gasteiger partial charge in [0.15, 0.2) is 11.5 Å². The van der Waals surface area contributed by atoms with E-state index in [0.29, 0.717) is 30.6 Å². The maximum Gasteiger partial charge on any atom is 0.586 e. The van der Waals surface area contributed by atoms with Gasteiger partial charge < -0.3 is 19.9 Å². The molecule has 0 saturated carbocycles. The molecule has 0 fully saturated rings. The van der Waals surface area contributed by atoms with E-state index in [-0.39, 0.29) is 11.5 Å². The highest BCUT2D eigenvalue weighted by Crippen LogP contribution is 2.47. The maximum absolute atomic E-state index is 13.3. The van der Waals surface area contributed by atoms with Crippen LogP contribution in [-0.2, 0) is 4.74 Å². The molecule has 0 bridgehead atoms. The number of anilines is 1. The lowest BCUT2D eigenvalue weighted by Gasteiger charge is -2.27. The Hall–Kier alpha value is -2.09. The van der Waals surface area contributed by atoms with Gasteiger partial charge in [0.05, 0.1) is 5.69 Å². The summed E-state index contributed by atoms with van der Waals surface area (Å²) in [5.41, 5.74) is 6.43. The van der Waals surface area contributed by atoms with E-state index in [1.54, 1.807) is 20.8 Å². The summed E-state index contributed by atoms with van der Waals surface area (Å²) in [5, 5.41) is 0. The number of halogens is 2. The summed E-state index contributed by atoms with van der Waals surface area (Å²) in [6.07, 6.45) is -2.99. The Morgan fingerprint density at radius 1 is 1.33 bits per heavy atom. The summed E-state index contributed by atoms with van der Waals surface area (Å²) in [7, 11) is 0. The Morgan fingerprint density at radius 2 is 1.96 bits per heavy atom. The van der Waals surface area contributed by atoms with Crippen molar-refractivity contribution in [3.8, 4) is 11.5 Å². The predicted molar refractivity (Wildman–Crippen MR) is 82.4 cm³/mol. The van der Waals surface area contributed by atoms with Gasteiger partial charge in [-0.25, -0.2) is 4.79 Å². The predicted octanol–water partition coefficient (Wildman–Crippen LogP) is 3.54. The number of hydrogen-bond donors (Lipinski definition) is 1. The summed E-state index contributed by atoms with van der Waals surface area (Å²) >= 11 is 0. The number of carbonyl (C=O) groups is 1. The smallest absolute Gasteiger partial charge is 0.443 e. The minimum atomic E-state index is -3.72. The molecule has 6 nitrogen and oxygen atoms in total. The van der Waals surface area contributed by atoms with Crippen molar-refractivity contribution in [2.45, 2.75) is 51.6 Å². The second-order valence-corrected chi connectivity index (χ2v) is 6.91. The largest absolute Gasteiger partial charge is 0.586 e. The summed E-state index contributed by atoms with van der Waals surface area (Å²) < 4.78 is 41.0. The zero-order valence-corrected chi connectivity index (χ0v) is 13.8. The number of nitrogens with zero attached hydrogens (tertiary/aromatic N) is 1. The molecule has 0 saturated heterocycles. The molecule has 0 radical (unpaired) electrons. The average molecular weight is 342 g/mol. The molecule has 2 N–H and O–H groups in total. The molecule has 2 heterocycles. The topological polar surface area (TPSA) is 74.0 Å². The van der Waals surface area contributed by atoms with Crippen molar-refractivity contribution < 1.29 is 27.8 Å². The molecule has 24 heavy (non-hydrogen) atoms. The van der Waals surface area contributed by atoms with Crippen LogP contribution >= 0.6 is 0 Å². The second-order valence-electron chi connectivity index (χ2n) is 6.91. The fourth-order valence-corrected chi connectivity index (χ4v) is 2.78. The monoisotopic (exact) mass is 342 g/mol. The Labute approximate surface area is 138 Å². The fourth-order valence-electron chi connectivity index (χ4n) is 2.78. The molecule has 1 aromatic carbocycles. The molecule has 2 aliphatic rings. The first-order chi connectivity index (χ1) is 11.1. The number of hydrogen-bond acceptors (Lipinski definition) is 5. The van der Waals surface area contributed by atoms with Gasteiger partial charge in [0.1, 0.15) is 5.60 Å². The molecule has 8 heteroatoms. The zero-order valence-electron chi connectivity index (χ0n) is 13.8. The van der Waals surface area contributed by atoms with Crippen LogP contribution in [-0.4, -0.2) is 24.5 Å². The maximum atomic E-state index is 13.3. The molecule has 3 rings (SSSR count). The Morgan fingerprint density at radius 3 is 2.58 bits per heavy atom. The molecule has 1 atom stereocenters. The average Bonchev–Trinajstić information content (AvgIpc) is 2.63. The molecule has 0 aliphatic carbocycles. The van der Waals surface area contributed by atoms with Crippen LogP contribution in [0.2, 0.25) is 0 Å². The summed E-state index contributed by atoms with van der Waals surface area (Å²) in [6, 6.07) is 2.38. The third-order valence-electron chi connectivity index (χ3n) is 3.75. The Balaban J connectivity index is 2.01. The quantitative estimate of drug-likeness (QED) is 0.780. The number of fused-ring (bicyclic) bond motifs is 2. The van der Waals surface area contributed by atoms with Gasteiger partial charge >= 0.3 is 12.4 Å². The van der Waals surface area contributed by atoms with E-state index < -0.39 is 24.0 Å². The van der Waals surface area contributed by atoms with Crippen LogP contribution in [0.15, 0.2) is 12.1 Å². The first-order valence-electron chi connectivity index (χ1n) is 7.76. The standard InChI is InChI=1S/C16H20F2N2O4/c1-15(2,3)24-14(21)20-6-4-5-10(19)9-7-12-13(8-11(9)20)23-16(17,18)22-12/h7-8,10H,4-6,19H2,1-3H3/t10-/m0/s1. The van der Waals surface area contributed by atoms with Gasteiger partial charge in [-0.3, -0.25) is 4.90 Å². The van der Waals surface area contributed by atoms with Gasteiger partial charge in [0, 0.05) is 18.7 Å². The minimum absolute atomic E-state index is 0.0831. The lowest BCUT2D eigenvalue weighted by molar-refractivity contribution is -0.286. The first-order valence-corrected chi connectivity index (χ1v) is 7.76. The Kier molecular flexibility index (Phi) is 3.82. The van der Waals surface area contributed by atoms with Crippen molar-refractivity contribution in [2.75, 3.05) is 11.4 Å². The van der Waals surface area contributed by atoms with Crippen molar-refractivity contribution in [3.63, 3.8) is 0 Å². The Bertz CT molecular complexity index is 673. The van der Waals surface area contributed by atoms with Crippen molar-refractivity contribution in [2.24, 2.45) is 5.73 Å². The number of ether oxygens (including phenoxy) is 3. The van der Waals surface area contributed by atoms with Gasteiger partial charge in [0.2, 0.25) is 0 Å². The van der Waals surface area contributed by atoms with Crippen molar-refractivity contribution in [3.05, 3.63) is 17.7 Å². The summed E-state index contributed by atoms with van der Waals surface area (Å²) in [4.78, 5) is 13.9. The molecule has 0 unspecified atom stereocenters. The first kappa shape index (κ1) is 16.8. The van der Waals surface area contributed by atoms with Gasteiger partial charge in [-0.15, -0.1) is 8.78 Å². The number of carbonyl (C=O) groups excluding carboxylic acids is 1. The number of amides is 1. The van der Waals surface area contributed by atoms with E-state index in [1.807, 2.05) is 0 Å². The van der Waals surface area contributed by atoms with Gasteiger partial charge in [0.25, 0.3) is 0 Å². The van der Waals surface area contributed by atoms with Crippen LogP contribution < -0.4 is 20.1 Å². The van der Waals surface area contributed by atoms with E-state index >= 15 is 0 Å². The van der Waals surface area contributed by atoms with Crippen LogP contribution in [0.4, 0.5) is 19.3 Å². The molecule has 132 valence electrons. The fraction of sp³-hybridized carbons (Fsp3) is 0.562. The van der Waals surface area contributed by atoms with Crippen LogP contribution in [0.5, 0.6) is 11.5 Å². The van der Waals surface area contributed by atoms with Crippen LogP contribution in [0.25, 0.3) is 0 Å². The normalized spacial score (nSPS) is 21.9. The molecule has 1 amide bonds. The van der Waals surface area contributed by atoms with Gasteiger partial charge in [-0.2, -0.15) is 0 Å². The van der Waals surface area contributed by atoms with Gasteiger partial charge in [-0.05, 0) is 45.2 Å². The summed E-state index contributed by atoms with van der Waals surface area (Å²) in [6.45, 7) is 5.66. The van der Waals surface area contributed by atoms with Crippen LogP contribution in [0.3, 0.4) is 0 Å². The summed E-state index contributed by atoms with van der Waals surface area (Å²) in [5.74, 6) is -0.207. The number of rotatable bonds is 0. The molecule has 0 aromatic heterocycles. The lowest BCUT2D eigenvalue weighted by Crippen LogP contribution is -2.37. The third-order valence-corrected chi connectivity index (χ3v) is 3.75. The molecular weight excluding hydrogens is 322 g/mol. The number of alkyl halides is 2. The van der Waals surface area contributed by atoms with E-state index in [2.05, 4.69) is 9.47 Å². The van der Waals surface area contributed by atoms with Crippen LogP contribution in [0, 0.1) is 0 Å². The van der Waals surface area contributed by atoms with E-state index in [0.717, 1.165) is 0 Å². The third kappa shape index (κ3) is 3.24. The SMILES string of the molecule is CC(C)(C)OC(=O)N1CCC[C@H](N)c2cc3c(cc21)OC(F)(F)O3. The van der Waals surface area contributed by atoms with Crippen molar-refractivity contribution >= 4 is 11.8 Å². The highest BCUT2D eigenvalue weighted by atomic mass is 19.3. The number of benzene rings is 1. The van der Waals surface area contributed by atoms with Crippen LogP contribution in [0.1, 0.15) is 45.2 Å². The zero-order chi connectivity index (χ0) is 17.7. The van der Waals surface area contributed by atoms with E-state index in [4.69, 9.17) is 10.5 Å². The molecule has 1 aromatic rings. The van der Waals surface area contributed by atoms with Crippen molar-refractivity contribution in [1.82, 2.24) is 0 Å². The molecule has 0 spiro atoms. The van der Waals surface area contributed by atoms with E-state index in [1.165, 1.54) is 17.0 Å². The van der Waals surface area contributed by atoms with Crippen molar-refractivity contribution in [1.29, 1.82) is 0 Å². The molecule has 2 aliphatic heterocycles. The van der Waals surface area contributed by atoms with Gasteiger partial charge in [-0.1, -0.05) is 0 Å². The highest BCUT2D eigenvalue weighted by molar-refractivity contribution is 5.90. The lowest BCUT2D eigenvalue weighted by atomic mass is 10.0. The minimum Gasteiger partial charge on any atom is -0.443 e. The number of nitrogens with two attached hydrogens (primary N) is 1. The van der Waals surface area contributed by atoms with E-state index in [9.17, 15) is 13.6 Å². The second kappa shape index (κ2) is 5.47.